The SMILES string of the molecule is O=c1cc2c(nn1Cc1ccccc1F)CCCC2. The zero-order chi connectivity index (χ0) is 13.2. The third-order valence-electron chi connectivity index (χ3n) is 3.55. The minimum absolute atomic E-state index is 0.149. The summed E-state index contributed by atoms with van der Waals surface area (Å²) in [5.41, 5.74) is 2.39. The van der Waals surface area contributed by atoms with E-state index in [2.05, 4.69) is 5.10 Å². The fourth-order valence-corrected chi connectivity index (χ4v) is 2.50. The van der Waals surface area contributed by atoms with Gasteiger partial charge in [0.1, 0.15) is 5.82 Å². The molecule has 0 saturated heterocycles. The summed E-state index contributed by atoms with van der Waals surface area (Å²) >= 11 is 0. The second-order valence-electron chi connectivity index (χ2n) is 4.91. The van der Waals surface area contributed by atoms with Crippen molar-refractivity contribution in [1.82, 2.24) is 9.78 Å². The van der Waals surface area contributed by atoms with Crippen LogP contribution in [0.3, 0.4) is 0 Å². The number of aryl methyl sites for hydroxylation is 2. The summed E-state index contributed by atoms with van der Waals surface area (Å²) in [6.45, 7) is 0.193. The van der Waals surface area contributed by atoms with Crippen molar-refractivity contribution in [2.45, 2.75) is 32.2 Å². The van der Waals surface area contributed by atoms with E-state index in [4.69, 9.17) is 0 Å². The van der Waals surface area contributed by atoms with Gasteiger partial charge in [0.15, 0.2) is 0 Å². The Morgan fingerprint density at radius 3 is 2.84 bits per heavy atom. The highest BCUT2D eigenvalue weighted by atomic mass is 19.1. The Hall–Kier alpha value is -1.97. The van der Waals surface area contributed by atoms with E-state index in [-0.39, 0.29) is 17.9 Å². The lowest BCUT2D eigenvalue weighted by atomic mass is 9.97. The van der Waals surface area contributed by atoms with Crippen LogP contribution in [0.1, 0.15) is 29.7 Å². The van der Waals surface area contributed by atoms with Crippen LogP contribution in [0.25, 0.3) is 0 Å². The van der Waals surface area contributed by atoms with Crippen LogP contribution in [-0.4, -0.2) is 9.78 Å². The van der Waals surface area contributed by atoms with E-state index in [1.807, 2.05) is 0 Å². The molecule has 0 atom stereocenters. The highest BCUT2D eigenvalue weighted by Crippen LogP contribution is 2.17. The minimum Gasteiger partial charge on any atom is -0.268 e. The number of fused-ring (bicyclic) bond motifs is 1. The first-order chi connectivity index (χ1) is 9.24. The van der Waals surface area contributed by atoms with Gasteiger partial charge in [-0.15, -0.1) is 0 Å². The number of nitrogens with zero attached hydrogens (tertiary/aromatic N) is 2. The lowest BCUT2D eigenvalue weighted by Crippen LogP contribution is -2.27. The predicted octanol–water partition coefficient (Wildman–Crippen LogP) is 2.31. The molecule has 4 heteroatoms. The van der Waals surface area contributed by atoms with Crippen molar-refractivity contribution < 1.29 is 4.39 Å². The van der Waals surface area contributed by atoms with Crippen molar-refractivity contribution in [3.63, 3.8) is 0 Å². The zero-order valence-corrected chi connectivity index (χ0v) is 10.6. The Morgan fingerprint density at radius 1 is 1.21 bits per heavy atom. The van der Waals surface area contributed by atoms with E-state index in [0.717, 1.165) is 36.9 Å². The molecule has 0 amide bonds. The molecule has 98 valence electrons. The topological polar surface area (TPSA) is 34.9 Å². The summed E-state index contributed by atoms with van der Waals surface area (Å²) < 4.78 is 15.0. The van der Waals surface area contributed by atoms with Crippen LogP contribution >= 0.6 is 0 Å². The molecule has 1 aliphatic rings. The molecule has 0 radical (unpaired) electrons. The molecule has 0 fully saturated rings. The maximum atomic E-state index is 13.6. The normalized spacial score (nSPS) is 14.2. The van der Waals surface area contributed by atoms with Gasteiger partial charge in [0, 0.05) is 11.6 Å². The molecule has 3 rings (SSSR count). The van der Waals surface area contributed by atoms with Crippen LogP contribution in [0.5, 0.6) is 0 Å². The maximum absolute atomic E-state index is 13.6. The molecule has 1 heterocycles. The molecule has 1 aliphatic carbocycles. The van der Waals surface area contributed by atoms with Gasteiger partial charge in [0.05, 0.1) is 12.2 Å². The van der Waals surface area contributed by atoms with Crippen LogP contribution in [0.2, 0.25) is 0 Å². The quantitative estimate of drug-likeness (QED) is 0.828. The van der Waals surface area contributed by atoms with E-state index in [0.29, 0.717) is 5.56 Å². The number of hydrogen-bond acceptors (Lipinski definition) is 2. The van der Waals surface area contributed by atoms with Gasteiger partial charge in [-0.3, -0.25) is 4.79 Å². The largest absolute Gasteiger partial charge is 0.268 e. The van der Waals surface area contributed by atoms with Crippen molar-refractivity contribution >= 4 is 0 Å². The molecule has 3 nitrogen and oxygen atoms in total. The Kier molecular flexibility index (Phi) is 3.15. The molecule has 1 aromatic carbocycles. The standard InChI is InChI=1S/C15H15FN2O/c16-13-7-3-1-6-12(13)10-18-15(19)9-11-5-2-4-8-14(11)17-18/h1,3,6-7,9H,2,4-5,8,10H2. The molecule has 0 aliphatic heterocycles. The minimum atomic E-state index is -0.297. The van der Waals surface area contributed by atoms with Crippen molar-refractivity contribution in [1.29, 1.82) is 0 Å². The number of halogens is 1. The molecule has 0 N–H and O–H groups in total. The van der Waals surface area contributed by atoms with Gasteiger partial charge in [-0.2, -0.15) is 5.10 Å². The summed E-state index contributed by atoms with van der Waals surface area (Å²) in [5.74, 6) is -0.297. The lowest BCUT2D eigenvalue weighted by Gasteiger charge is -2.16. The van der Waals surface area contributed by atoms with Crippen molar-refractivity contribution in [2.75, 3.05) is 0 Å². The third-order valence-corrected chi connectivity index (χ3v) is 3.55. The number of hydrogen-bond donors (Lipinski definition) is 0. The molecule has 0 spiro atoms. The van der Waals surface area contributed by atoms with E-state index in [1.165, 1.54) is 10.7 Å². The molecule has 0 unspecified atom stereocenters. The highest BCUT2D eigenvalue weighted by molar-refractivity contribution is 5.22. The third kappa shape index (κ3) is 2.43. The first kappa shape index (κ1) is 12.1. The molecule has 0 saturated carbocycles. The maximum Gasteiger partial charge on any atom is 0.267 e. The Balaban J connectivity index is 1.97. The summed E-state index contributed by atoms with van der Waals surface area (Å²) in [4.78, 5) is 12.0. The van der Waals surface area contributed by atoms with Crippen molar-refractivity contribution in [3.05, 3.63) is 63.3 Å². The summed E-state index contributed by atoms with van der Waals surface area (Å²) in [6, 6.07) is 8.15. The average molecular weight is 258 g/mol. The number of rotatable bonds is 2. The Bertz CT molecular complexity index is 663. The van der Waals surface area contributed by atoms with Crippen molar-refractivity contribution in [2.24, 2.45) is 0 Å². The molecule has 0 bridgehead atoms. The average Bonchev–Trinajstić information content (AvgIpc) is 2.42. The highest BCUT2D eigenvalue weighted by Gasteiger charge is 2.13. The number of aromatic nitrogens is 2. The van der Waals surface area contributed by atoms with Gasteiger partial charge < -0.3 is 0 Å². The van der Waals surface area contributed by atoms with Gasteiger partial charge in [0.25, 0.3) is 5.56 Å². The first-order valence-electron chi connectivity index (χ1n) is 6.57. The van der Waals surface area contributed by atoms with Gasteiger partial charge in [0.2, 0.25) is 0 Å². The fourth-order valence-electron chi connectivity index (χ4n) is 2.50. The molecule has 19 heavy (non-hydrogen) atoms. The number of benzene rings is 1. The Morgan fingerprint density at radius 2 is 2.00 bits per heavy atom. The van der Waals surface area contributed by atoms with Gasteiger partial charge >= 0.3 is 0 Å². The lowest BCUT2D eigenvalue weighted by molar-refractivity contribution is 0.548. The fraction of sp³-hybridized carbons (Fsp3) is 0.333. The first-order valence-corrected chi connectivity index (χ1v) is 6.57. The molecular formula is C15H15FN2O. The van der Waals surface area contributed by atoms with Crippen LogP contribution < -0.4 is 5.56 Å². The second kappa shape index (κ2) is 4.96. The van der Waals surface area contributed by atoms with E-state index >= 15 is 0 Å². The molecule has 1 aromatic heterocycles. The molecule has 2 aromatic rings. The Labute approximate surface area is 110 Å². The summed E-state index contributed by atoms with van der Waals surface area (Å²) in [5, 5.41) is 4.39. The smallest absolute Gasteiger partial charge is 0.267 e. The molecular weight excluding hydrogens is 243 g/mol. The summed E-state index contributed by atoms with van der Waals surface area (Å²) in [6.07, 6.45) is 4.06. The zero-order valence-electron chi connectivity index (χ0n) is 10.6. The van der Waals surface area contributed by atoms with Crippen LogP contribution in [0.15, 0.2) is 35.1 Å². The van der Waals surface area contributed by atoms with Crippen molar-refractivity contribution in [3.8, 4) is 0 Å². The van der Waals surface area contributed by atoms with Gasteiger partial charge in [-0.25, -0.2) is 9.07 Å². The predicted molar refractivity (Wildman–Crippen MR) is 70.6 cm³/mol. The van der Waals surface area contributed by atoms with Crippen LogP contribution in [-0.2, 0) is 19.4 Å². The second-order valence-corrected chi connectivity index (χ2v) is 4.91. The van der Waals surface area contributed by atoms with Crippen LogP contribution in [0.4, 0.5) is 4.39 Å². The van der Waals surface area contributed by atoms with Gasteiger partial charge in [-0.1, -0.05) is 18.2 Å². The van der Waals surface area contributed by atoms with E-state index in [1.54, 1.807) is 24.3 Å². The summed E-state index contributed by atoms with van der Waals surface area (Å²) in [7, 11) is 0. The van der Waals surface area contributed by atoms with Crippen LogP contribution in [0, 0.1) is 5.82 Å². The van der Waals surface area contributed by atoms with E-state index < -0.39 is 0 Å². The van der Waals surface area contributed by atoms with Gasteiger partial charge in [-0.05, 0) is 37.3 Å². The monoisotopic (exact) mass is 258 g/mol. The van der Waals surface area contributed by atoms with E-state index in [9.17, 15) is 9.18 Å².